The van der Waals surface area contributed by atoms with Crippen LogP contribution in [0, 0.1) is 17.3 Å². The van der Waals surface area contributed by atoms with Crippen LogP contribution in [-0.2, 0) is 4.74 Å². The van der Waals surface area contributed by atoms with Crippen molar-refractivity contribution < 1.29 is 4.74 Å². The molecule has 0 aromatic heterocycles. The van der Waals surface area contributed by atoms with Crippen molar-refractivity contribution in [2.45, 2.75) is 65.5 Å². The zero-order valence-corrected chi connectivity index (χ0v) is 14.1. The lowest BCUT2D eigenvalue weighted by molar-refractivity contribution is -0.0981. The van der Waals surface area contributed by atoms with Crippen LogP contribution in [0.4, 0.5) is 0 Å². The predicted molar refractivity (Wildman–Crippen MR) is 84.7 cm³/mol. The van der Waals surface area contributed by atoms with Gasteiger partial charge in [-0.3, -0.25) is 4.90 Å². The maximum atomic E-state index is 6.09. The summed E-state index contributed by atoms with van der Waals surface area (Å²) in [5.74, 6) is 1.47. The fourth-order valence-corrected chi connectivity index (χ4v) is 4.14. The van der Waals surface area contributed by atoms with Crippen molar-refractivity contribution in [2.24, 2.45) is 23.0 Å². The van der Waals surface area contributed by atoms with Crippen LogP contribution in [0.5, 0.6) is 0 Å². The lowest BCUT2D eigenvalue weighted by Gasteiger charge is -2.53. The molecule has 3 heteroatoms. The summed E-state index contributed by atoms with van der Waals surface area (Å²) >= 11 is 0. The Labute approximate surface area is 125 Å². The summed E-state index contributed by atoms with van der Waals surface area (Å²) < 4.78 is 5.70. The Bertz CT molecular complexity index is 321. The molecule has 0 aromatic carbocycles. The summed E-state index contributed by atoms with van der Waals surface area (Å²) in [7, 11) is 0. The largest absolute Gasteiger partial charge is 0.378 e. The molecule has 1 saturated carbocycles. The van der Waals surface area contributed by atoms with Gasteiger partial charge < -0.3 is 10.5 Å². The van der Waals surface area contributed by atoms with E-state index in [2.05, 4.69) is 39.5 Å². The first-order valence-corrected chi connectivity index (χ1v) is 8.30. The van der Waals surface area contributed by atoms with E-state index in [1.165, 1.54) is 19.3 Å². The molecule has 1 aliphatic heterocycles. The van der Waals surface area contributed by atoms with E-state index in [9.17, 15) is 0 Å². The Balaban J connectivity index is 2.16. The van der Waals surface area contributed by atoms with Crippen molar-refractivity contribution in [1.29, 1.82) is 0 Å². The smallest absolute Gasteiger partial charge is 0.0645 e. The summed E-state index contributed by atoms with van der Waals surface area (Å²) in [6, 6.07) is 0.636. The Morgan fingerprint density at radius 2 is 1.95 bits per heavy atom. The van der Waals surface area contributed by atoms with Crippen molar-refractivity contribution in [1.82, 2.24) is 4.90 Å². The molecule has 2 aliphatic rings. The van der Waals surface area contributed by atoms with Crippen LogP contribution in [0.3, 0.4) is 0 Å². The summed E-state index contributed by atoms with van der Waals surface area (Å²) in [5.41, 5.74) is 6.65. The van der Waals surface area contributed by atoms with Gasteiger partial charge in [0.05, 0.1) is 13.2 Å². The summed E-state index contributed by atoms with van der Waals surface area (Å²) in [5, 5.41) is 0. The summed E-state index contributed by atoms with van der Waals surface area (Å²) in [6.07, 6.45) is 3.93. The molecule has 2 fully saturated rings. The van der Waals surface area contributed by atoms with Crippen molar-refractivity contribution in [3.63, 3.8) is 0 Å². The zero-order chi connectivity index (χ0) is 15.0. The molecule has 0 bridgehead atoms. The van der Waals surface area contributed by atoms with Crippen molar-refractivity contribution >= 4 is 0 Å². The average Bonchev–Trinajstić information content (AvgIpc) is 2.36. The SMILES string of the molecule is CC(C)(C)C1CCC(CN)C(N2CCOCC2(C)C)C1. The van der Waals surface area contributed by atoms with Crippen LogP contribution in [0.15, 0.2) is 0 Å². The first kappa shape index (κ1) is 16.3. The second-order valence-electron chi connectivity index (χ2n) is 8.50. The molecule has 2 N–H and O–H groups in total. The van der Waals surface area contributed by atoms with E-state index in [1.54, 1.807) is 0 Å². The van der Waals surface area contributed by atoms with Crippen molar-refractivity contribution in [3.8, 4) is 0 Å². The number of ether oxygens (including phenoxy) is 1. The zero-order valence-electron chi connectivity index (χ0n) is 14.1. The highest BCUT2D eigenvalue weighted by Crippen LogP contribution is 2.43. The van der Waals surface area contributed by atoms with Gasteiger partial charge in [-0.2, -0.15) is 0 Å². The lowest BCUT2D eigenvalue weighted by atomic mass is 9.67. The van der Waals surface area contributed by atoms with E-state index < -0.39 is 0 Å². The van der Waals surface area contributed by atoms with E-state index in [-0.39, 0.29) is 5.54 Å². The molecular formula is C17H34N2O. The fraction of sp³-hybridized carbons (Fsp3) is 1.00. The first-order valence-electron chi connectivity index (χ1n) is 8.30. The number of rotatable bonds is 2. The maximum absolute atomic E-state index is 6.09. The second kappa shape index (κ2) is 5.94. The van der Waals surface area contributed by atoms with Gasteiger partial charge >= 0.3 is 0 Å². The minimum Gasteiger partial charge on any atom is -0.378 e. The Morgan fingerprint density at radius 1 is 1.25 bits per heavy atom. The average molecular weight is 282 g/mol. The van der Waals surface area contributed by atoms with Gasteiger partial charge in [-0.25, -0.2) is 0 Å². The van der Waals surface area contributed by atoms with Gasteiger partial charge in [0.1, 0.15) is 0 Å². The highest BCUT2D eigenvalue weighted by Gasteiger charge is 2.43. The van der Waals surface area contributed by atoms with E-state index in [0.717, 1.165) is 32.2 Å². The second-order valence-corrected chi connectivity index (χ2v) is 8.50. The van der Waals surface area contributed by atoms with Crippen LogP contribution in [0.25, 0.3) is 0 Å². The standard InChI is InChI=1S/C17H34N2O/c1-16(2,3)14-7-6-13(11-18)15(10-14)19-8-9-20-12-17(19,4)5/h13-15H,6-12,18H2,1-5H3. The molecule has 118 valence electrons. The third-order valence-corrected chi connectivity index (χ3v) is 5.59. The normalized spacial score (nSPS) is 36.0. The van der Waals surface area contributed by atoms with Crippen LogP contribution in [-0.4, -0.2) is 42.8 Å². The molecule has 1 saturated heterocycles. The summed E-state index contributed by atoms with van der Waals surface area (Å²) in [6.45, 7) is 15.4. The highest BCUT2D eigenvalue weighted by atomic mass is 16.5. The quantitative estimate of drug-likeness (QED) is 0.846. The minimum atomic E-state index is 0.149. The van der Waals surface area contributed by atoms with Gasteiger partial charge in [0.15, 0.2) is 0 Å². The van der Waals surface area contributed by atoms with Gasteiger partial charge in [0, 0.05) is 18.1 Å². The van der Waals surface area contributed by atoms with Gasteiger partial charge in [-0.1, -0.05) is 20.8 Å². The molecule has 20 heavy (non-hydrogen) atoms. The van der Waals surface area contributed by atoms with Gasteiger partial charge in [-0.15, -0.1) is 0 Å². The third kappa shape index (κ3) is 3.37. The molecule has 1 aliphatic carbocycles. The topological polar surface area (TPSA) is 38.5 Å². The predicted octanol–water partition coefficient (Wildman–Crippen LogP) is 2.89. The van der Waals surface area contributed by atoms with Crippen LogP contribution in [0.1, 0.15) is 53.9 Å². The van der Waals surface area contributed by atoms with E-state index in [0.29, 0.717) is 17.4 Å². The van der Waals surface area contributed by atoms with Crippen molar-refractivity contribution in [2.75, 3.05) is 26.3 Å². The summed E-state index contributed by atoms with van der Waals surface area (Å²) in [4.78, 5) is 2.70. The molecule has 2 rings (SSSR count). The molecule has 3 nitrogen and oxygen atoms in total. The Morgan fingerprint density at radius 3 is 2.50 bits per heavy atom. The minimum absolute atomic E-state index is 0.149. The molecule has 3 atom stereocenters. The van der Waals surface area contributed by atoms with Gasteiger partial charge in [-0.05, 0) is 56.9 Å². The highest BCUT2D eigenvalue weighted by molar-refractivity contribution is 4.97. The molecule has 0 aromatic rings. The lowest BCUT2D eigenvalue weighted by Crippen LogP contribution is -2.61. The van der Waals surface area contributed by atoms with Crippen LogP contribution in [0.2, 0.25) is 0 Å². The number of morpholine rings is 1. The first-order chi connectivity index (χ1) is 9.25. The fourth-order valence-electron chi connectivity index (χ4n) is 4.14. The molecule has 0 spiro atoms. The van der Waals surface area contributed by atoms with Gasteiger partial charge in [0.2, 0.25) is 0 Å². The molecule has 1 heterocycles. The van der Waals surface area contributed by atoms with E-state index in [4.69, 9.17) is 10.5 Å². The van der Waals surface area contributed by atoms with E-state index >= 15 is 0 Å². The third-order valence-electron chi connectivity index (χ3n) is 5.59. The maximum Gasteiger partial charge on any atom is 0.0645 e. The molecule has 0 radical (unpaired) electrons. The van der Waals surface area contributed by atoms with Crippen LogP contribution < -0.4 is 5.73 Å². The number of hydrogen-bond donors (Lipinski definition) is 1. The molecule has 0 amide bonds. The number of hydrogen-bond acceptors (Lipinski definition) is 3. The van der Waals surface area contributed by atoms with E-state index in [1.807, 2.05) is 0 Å². The molecular weight excluding hydrogens is 248 g/mol. The van der Waals surface area contributed by atoms with Crippen molar-refractivity contribution in [3.05, 3.63) is 0 Å². The number of nitrogens with zero attached hydrogens (tertiary/aromatic N) is 1. The number of nitrogens with two attached hydrogens (primary N) is 1. The molecule has 3 unspecified atom stereocenters. The van der Waals surface area contributed by atoms with Crippen LogP contribution >= 0.6 is 0 Å². The Hall–Kier alpha value is -0.120. The van der Waals surface area contributed by atoms with Gasteiger partial charge in [0.25, 0.3) is 0 Å². The monoisotopic (exact) mass is 282 g/mol. The Kier molecular flexibility index (Phi) is 4.83.